The zero-order chi connectivity index (χ0) is 16.9. The molecule has 4 heteroatoms. The second-order valence-corrected chi connectivity index (χ2v) is 6.23. The molecule has 0 fully saturated rings. The zero-order valence-electron chi connectivity index (χ0n) is 13.9. The lowest BCUT2D eigenvalue weighted by Gasteiger charge is -2.05. The molecule has 0 saturated heterocycles. The van der Waals surface area contributed by atoms with Crippen molar-refractivity contribution >= 4 is 17.7 Å². The fourth-order valence-electron chi connectivity index (χ4n) is 2.57. The van der Waals surface area contributed by atoms with E-state index < -0.39 is 0 Å². The summed E-state index contributed by atoms with van der Waals surface area (Å²) in [5.74, 6) is 1.81. The summed E-state index contributed by atoms with van der Waals surface area (Å²) < 4.78 is 10.5. The van der Waals surface area contributed by atoms with Gasteiger partial charge in [0.15, 0.2) is 11.5 Å². The van der Waals surface area contributed by atoms with Crippen molar-refractivity contribution < 1.29 is 14.3 Å². The van der Waals surface area contributed by atoms with Crippen LogP contribution in [0.3, 0.4) is 0 Å². The van der Waals surface area contributed by atoms with Gasteiger partial charge in [-0.25, -0.2) is 0 Å². The quantitative estimate of drug-likeness (QED) is 0.836. The molecule has 1 amide bonds. The molecule has 2 aromatic rings. The van der Waals surface area contributed by atoms with Gasteiger partial charge in [-0.05, 0) is 41.7 Å². The summed E-state index contributed by atoms with van der Waals surface area (Å²) in [6.07, 6.45) is 4.40. The number of ether oxygens (including phenoxy) is 2. The molecule has 1 N–H and O–H groups in total. The standard InChI is InChI=1S/C20H21NO3/c1-14(2)11-16-5-3-15(4-6-16)7-10-20(22)21-17-8-9-18-19(12-17)24-13-23-18/h3-10,12,14H,11,13H2,1-2H3,(H,21,22). The fourth-order valence-corrected chi connectivity index (χ4v) is 2.57. The number of hydrogen-bond acceptors (Lipinski definition) is 3. The Labute approximate surface area is 142 Å². The van der Waals surface area contributed by atoms with Crippen LogP contribution in [0.25, 0.3) is 6.08 Å². The van der Waals surface area contributed by atoms with Gasteiger partial charge in [-0.1, -0.05) is 38.1 Å². The largest absolute Gasteiger partial charge is 0.454 e. The minimum Gasteiger partial charge on any atom is -0.454 e. The molecule has 124 valence electrons. The highest BCUT2D eigenvalue weighted by molar-refractivity contribution is 6.02. The maximum atomic E-state index is 12.0. The Morgan fingerprint density at radius 1 is 1.12 bits per heavy atom. The number of anilines is 1. The molecule has 4 nitrogen and oxygen atoms in total. The van der Waals surface area contributed by atoms with E-state index in [2.05, 4.69) is 31.3 Å². The number of carbonyl (C=O) groups is 1. The Kier molecular flexibility index (Phi) is 4.85. The number of hydrogen-bond donors (Lipinski definition) is 1. The number of benzene rings is 2. The first-order valence-corrected chi connectivity index (χ1v) is 8.08. The monoisotopic (exact) mass is 323 g/mol. The van der Waals surface area contributed by atoms with Gasteiger partial charge in [0.1, 0.15) is 0 Å². The van der Waals surface area contributed by atoms with Crippen molar-refractivity contribution in [3.63, 3.8) is 0 Å². The summed E-state index contributed by atoms with van der Waals surface area (Å²) in [6, 6.07) is 13.6. The molecule has 0 unspecified atom stereocenters. The van der Waals surface area contributed by atoms with Gasteiger partial charge < -0.3 is 14.8 Å². The van der Waals surface area contributed by atoms with Crippen molar-refractivity contribution in [1.82, 2.24) is 0 Å². The van der Waals surface area contributed by atoms with E-state index in [9.17, 15) is 4.79 Å². The van der Waals surface area contributed by atoms with Crippen molar-refractivity contribution in [1.29, 1.82) is 0 Å². The lowest BCUT2D eigenvalue weighted by Crippen LogP contribution is -2.07. The van der Waals surface area contributed by atoms with Crippen LogP contribution in [0.5, 0.6) is 11.5 Å². The molecule has 1 heterocycles. The Morgan fingerprint density at radius 3 is 2.62 bits per heavy atom. The van der Waals surface area contributed by atoms with Gasteiger partial charge >= 0.3 is 0 Å². The van der Waals surface area contributed by atoms with Gasteiger partial charge in [0.25, 0.3) is 0 Å². The van der Waals surface area contributed by atoms with E-state index in [0.717, 1.165) is 12.0 Å². The van der Waals surface area contributed by atoms with E-state index in [0.29, 0.717) is 23.1 Å². The third-order valence-electron chi connectivity index (χ3n) is 3.69. The van der Waals surface area contributed by atoms with Crippen molar-refractivity contribution in [3.8, 4) is 11.5 Å². The SMILES string of the molecule is CC(C)Cc1ccc(C=CC(=O)Nc2ccc3c(c2)OCO3)cc1. The first-order valence-electron chi connectivity index (χ1n) is 8.08. The van der Waals surface area contributed by atoms with Crippen LogP contribution in [-0.2, 0) is 11.2 Å². The normalized spacial score (nSPS) is 12.8. The minimum absolute atomic E-state index is 0.180. The first kappa shape index (κ1) is 16.1. The molecule has 0 atom stereocenters. The third kappa shape index (κ3) is 4.16. The molecule has 0 bridgehead atoms. The average molecular weight is 323 g/mol. The molecule has 1 aliphatic rings. The van der Waals surface area contributed by atoms with Crippen LogP contribution in [0.2, 0.25) is 0 Å². The van der Waals surface area contributed by atoms with Crippen LogP contribution in [-0.4, -0.2) is 12.7 Å². The fraction of sp³-hybridized carbons (Fsp3) is 0.250. The number of rotatable bonds is 5. The van der Waals surface area contributed by atoms with Crippen LogP contribution in [0.1, 0.15) is 25.0 Å². The van der Waals surface area contributed by atoms with Crippen LogP contribution < -0.4 is 14.8 Å². The number of nitrogens with one attached hydrogen (secondary N) is 1. The van der Waals surface area contributed by atoms with Gasteiger partial charge in [0.05, 0.1) is 0 Å². The minimum atomic E-state index is -0.180. The summed E-state index contributed by atoms with van der Waals surface area (Å²) in [7, 11) is 0. The molecule has 3 rings (SSSR count). The third-order valence-corrected chi connectivity index (χ3v) is 3.69. The summed E-state index contributed by atoms with van der Waals surface area (Å²) in [5, 5.41) is 2.82. The molecule has 0 aliphatic carbocycles. The van der Waals surface area contributed by atoms with Crippen LogP contribution in [0.4, 0.5) is 5.69 Å². The average Bonchev–Trinajstić information content (AvgIpc) is 3.01. The van der Waals surface area contributed by atoms with E-state index in [-0.39, 0.29) is 12.7 Å². The zero-order valence-corrected chi connectivity index (χ0v) is 13.9. The Bertz CT molecular complexity index is 748. The second kappa shape index (κ2) is 7.21. The molecule has 0 radical (unpaired) electrons. The Morgan fingerprint density at radius 2 is 1.88 bits per heavy atom. The van der Waals surface area contributed by atoms with Gasteiger partial charge in [-0.3, -0.25) is 4.79 Å². The molecule has 1 aliphatic heterocycles. The molecule has 24 heavy (non-hydrogen) atoms. The van der Waals surface area contributed by atoms with Gasteiger partial charge in [-0.15, -0.1) is 0 Å². The van der Waals surface area contributed by atoms with E-state index in [1.807, 2.05) is 18.2 Å². The second-order valence-electron chi connectivity index (χ2n) is 6.23. The summed E-state index contributed by atoms with van der Waals surface area (Å²) in [5.41, 5.74) is 3.00. The van der Waals surface area contributed by atoms with Crippen LogP contribution >= 0.6 is 0 Å². The van der Waals surface area contributed by atoms with Gasteiger partial charge in [0.2, 0.25) is 12.7 Å². The summed E-state index contributed by atoms with van der Waals surface area (Å²) in [6.45, 7) is 4.63. The Balaban J connectivity index is 1.59. The predicted molar refractivity (Wildman–Crippen MR) is 95.2 cm³/mol. The lowest BCUT2D eigenvalue weighted by molar-refractivity contribution is -0.111. The molecule has 2 aromatic carbocycles. The van der Waals surface area contributed by atoms with E-state index in [1.165, 1.54) is 11.6 Å². The summed E-state index contributed by atoms with van der Waals surface area (Å²) in [4.78, 5) is 12.0. The van der Waals surface area contributed by atoms with Crippen molar-refractivity contribution in [2.75, 3.05) is 12.1 Å². The van der Waals surface area contributed by atoms with Gasteiger partial charge in [-0.2, -0.15) is 0 Å². The van der Waals surface area contributed by atoms with Crippen LogP contribution in [0.15, 0.2) is 48.5 Å². The maximum absolute atomic E-state index is 12.0. The maximum Gasteiger partial charge on any atom is 0.248 e. The van der Waals surface area contributed by atoms with Crippen molar-refractivity contribution in [2.24, 2.45) is 5.92 Å². The molecule has 0 aromatic heterocycles. The van der Waals surface area contributed by atoms with E-state index in [1.54, 1.807) is 18.2 Å². The highest BCUT2D eigenvalue weighted by atomic mass is 16.7. The number of amides is 1. The highest BCUT2D eigenvalue weighted by Gasteiger charge is 2.13. The van der Waals surface area contributed by atoms with E-state index in [4.69, 9.17) is 9.47 Å². The van der Waals surface area contributed by atoms with Gasteiger partial charge in [0, 0.05) is 17.8 Å². The molecular weight excluding hydrogens is 302 g/mol. The lowest BCUT2D eigenvalue weighted by atomic mass is 10.0. The molecule has 0 saturated carbocycles. The van der Waals surface area contributed by atoms with E-state index >= 15 is 0 Å². The predicted octanol–water partition coefficient (Wildman–Crippen LogP) is 4.27. The Hall–Kier alpha value is -2.75. The highest BCUT2D eigenvalue weighted by Crippen LogP contribution is 2.34. The number of fused-ring (bicyclic) bond motifs is 1. The van der Waals surface area contributed by atoms with Crippen molar-refractivity contribution in [2.45, 2.75) is 20.3 Å². The first-order chi connectivity index (χ1) is 11.6. The topological polar surface area (TPSA) is 47.6 Å². The van der Waals surface area contributed by atoms with Crippen molar-refractivity contribution in [3.05, 3.63) is 59.7 Å². The summed E-state index contributed by atoms with van der Waals surface area (Å²) >= 11 is 0. The molecular formula is C20H21NO3. The molecule has 0 spiro atoms. The smallest absolute Gasteiger partial charge is 0.248 e. The van der Waals surface area contributed by atoms with Crippen LogP contribution in [0, 0.1) is 5.92 Å². The number of carbonyl (C=O) groups excluding carboxylic acids is 1.